The summed E-state index contributed by atoms with van der Waals surface area (Å²) in [6, 6.07) is 4.28. The average Bonchev–Trinajstić information content (AvgIpc) is 3.19. The van der Waals surface area contributed by atoms with Gasteiger partial charge in [0.1, 0.15) is 5.82 Å². The molecule has 0 radical (unpaired) electrons. The van der Waals surface area contributed by atoms with Gasteiger partial charge in [-0.2, -0.15) is 0 Å². The highest BCUT2D eigenvalue weighted by Gasteiger charge is 2.24. The second-order valence-corrected chi connectivity index (χ2v) is 8.84. The summed E-state index contributed by atoms with van der Waals surface area (Å²) < 4.78 is 0. The minimum atomic E-state index is 0.156. The van der Waals surface area contributed by atoms with Crippen molar-refractivity contribution in [2.45, 2.75) is 84.0 Å². The number of imidazole rings is 1. The molecule has 1 amide bonds. The molecule has 2 saturated carbocycles. The molecule has 158 valence electrons. The van der Waals surface area contributed by atoms with Crippen LogP contribution in [0, 0.1) is 5.92 Å². The lowest BCUT2D eigenvalue weighted by Gasteiger charge is -2.26. The minimum Gasteiger partial charge on any atom is -0.370 e. The largest absolute Gasteiger partial charge is 0.370 e. The Balaban J connectivity index is 1.65. The van der Waals surface area contributed by atoms with Gasteiger partial charge in [0, 0.05) is 24.9 Å². The summed E-state index contributed by atoms with van der Waals surface area (Å²) in [7, 11) is 0. The number of hydrogen-bond acceptors (Lipinski definition) is 3. The van der Waals surface area contributed by atoms with E-state index in [1.165, 1.54) is 51.4 Å². The number of H-pyrrole nitrogens is 1. The third kappa shape index (κ3) is 4.44. The summed E-state index contributed by atoms with van der Waals surface area (Å²) in [4.78, 5) is 23.8. The number of aromatic nitrogens is 2. The predicted molar refractivity (Wildman–Crippen MR) is 121 cm³/mol. The zero-order chi connectivity index (χ0) is 20.2. The fraction of sp³-hybridized carbons (Fsp3) is 0.667. The van der Waals surface area contributed by atoms with Gasteiger partial charge in [0.05, 0.1) is 22.4 Å². The topological polar surface area (TPSA) is 61.0 Å². The van der Waals surface area contributed by atoms with Gasteiger partial charge in [-0.15, -0.1) is 0 Å². The smallest absolute Gasteiger partial charge is 0.227 e. The van der Waals surface area contributed by atoms with Gasteiger partial charge in [-0.25, -0.2) is 4.98 Å². The van der Waals surface area contributed by atoms with Crippen molar-refractivity contribution >= 4 is 28.3 Å². The molecule has 0 aliphatic heterocycles. The van der Waals surface area contributed by atoms with Crippen molar-refractivity contribution < 1.29 is 4.79 Å². The van der Waals surface area contributed by atoms with Crippen LogP contribution in [0.25, 0.3) is 11.0 Å². The summed E-state index contributed by atoms with van der Waals surface area (Å²) >= 11 is 0. The molecule has 0 saturated heterocycles. The van der Waals surface area contributed by atoms with Crippen LogP contribution in [0.15, 0.2) is 12.1 Å². The molecule has 29 heavy (non-hydrogen) atoms. The molecular weight excluding hydrogens is 360 g/mol. The number of carbonyl (C=O) groups excluding carboxylic acids is 1. The molecule has 5 heteroatoms. The minimum absolute atomic E-state index is 0.156. The number of anilines is 2. The van der Waals surface area contributed by atoms with Crippen molar-refractivity contribution in [3.8, 4) is 0 Å². The standard InChI is InChI=1S/C24H36N4O/c1-3-28(4-2)22-16-20-19(25-23(26-20)17-11-7-5-8-12-17)15-21(22)27-24(29)18-13-9-6-10-14-18/h15-18H,3-14H2,1-2H3,(H,25,26)(H,27,29). The number of nitrogens with zero attached hydrogens (tertiary/aromatic N) is 2. The first kappa shape index (κ1) is 20.2. The second kappa shape index (κ2) is 9.19. The van der Waals surface area contributed by atoms with Crippen molar-refractivity contribution in [3.05, 3.63) is 18.0 Å². The SMILES string of the molecule is CCN(CC)c1cc2nc(C3CCCCC3)[nH]c2cc1NC(=O)C1CCCCC1. The van der Waals surface area contributed by atoms with Gasteiger partial charge in [-0.05, 0) is 51.7 Å². The first-order chi connectivity index (χ1) is 14.2. The molecule has 5 nitrogen and oxygen atoms in total. The van der Waals surface area contributed by atoms with Crippen LogP contribution in [0.4, 0.5) is 11.4 Å². The summed E-state index contributed by atoms with van der Waals surface area (Å²) in [5.74, 6) is 2.02. The third-order valence-corrected chi connectivity index (χ3v) is 6.95. The summed E-state index contributed by atoms with van der Waals surface area (Å²) in [5.41, 5.74) is 4.08. The number of aromatic amines is 1. The van der Waals surface area contributed by atoms with Crippen molar-refractivity contribution in [3.63, 3.8) is 0 Å². The Bertz CT molecular complexity index is 827. The van der Waals surface area contributed by atoms with Crippen LogP contribution in [0.2, 0.25) is 0 Å². The van der Waals surface area contributed by atoms with E-state index in [0.717, 1.165) is 54.2 Å². The molecule has 2 fully saturated rings. The van der Waals surface area contributed by atoms with Gasteiger partial charge in [0.2, 0.25) is 5.91 Å². The number of rotatable bonds is 6. The van der Waals surface area contributed by atoms with Gasteiger partial charge in [0.25, 0.3) is 0 Å². The highest BCUT2D eigenvalue weighted by Crippen LogP contribution is 2.36. The number of benzene rings is 1. The average molecular weight is 397 g/mol. The second-order valence-electron chi connectivity index (χ2n) is 8.84. The molecule has 0 spiro atoms. The Morgan fingerprint density at radius 3 is 2.34 bits per heavy atom. The molecule has 2 aliphatic rings. The Morgan fingerprint density at radius 2 is 1.69 bits per heavy atom. The van der Waals surface area contributed by atoms with Gasteiger partial charge in [-0.1, -0.05) is 38.5 Å². The number of amides is 1. The zero-order valence-corrected chi connectivity index (χ0v) is 18.1. The number of hydrogen-bond donors (Lipinski definition) is 2. The molecule has 1 aromatic heterocycles. The first-order valence-electron chi connectivity index (χ1n) is 11.8. The zero-order valence-electron chi connectivity index (χ0n) is 18.1. The Labute approximate surface area is 174 Å². The van der Waals surface area contributed by atoms with E-state index in [-0.39, 0.29) is 11.8 Å². The Morgan fingerprint density at radius 1 is 1.03 bits per heavy atom. The van der Waals surface area contributed by atoms with Gasteiger partial charge in [0.15, 0.2) is 0 Å². The number of fused-ring (bicyclic) bond motifs is 1. The molecule has 1 aromatic carbocycles. The van der Waals surface area contributed by atoms with E-state index in [1.54, 1.807) is 0 Å². The van der Waals surface area contributed by atoms with Crippen LogP contribution in [-0.2, 0) is 4.79 Å². The maximum absolute atomic E-state index is 13.0. The van der Waals surface area contributed by atoms with E-state index in [4.69, 9.17) is 4.98 Å². The van der Waals surface area contributed by atoms with Crippen molar-refractivity contribution in [1.82, 2.24) is 9.97 Å². The lowest BCUT2D eigenvalue weighted by atomic mass is 9.88. The van der Waals surface area contributed by atoms with E-state index in [2.05, 4.69) is 41.2 Å². The Hall–Kier alpha value is -2.04. The van der Waals surface area contributed by atoms with E-state index in [1.807, 2.05) is 0 Å². The summed E-state index contributed by atoms with van der Waals surface area (Å²) in [6.07, 6.45) is 12.1. The molecule has 2 N–H and O–H groups in total. The molecule has 0 bridgehead atoms. The van der Waals surface area contributed by atoms with Crippen LogP contribution in [0.1, 0.15) is 89.8 Å². The molecule has 0 unspecified atom stereocenters. The van der Waals surface area contributed by atoms with Gasteiger partial charge in [-0.3, -0.25) is 4.79 Å². The van der Waals surface area contributed by atoms with Gasteiger partial charge >= 0.3 is 0 Å². The van der Waals surface area contributed by atoms with E-state index >= 15 is 0 Å². The molecule has 0 atom stereocenters. The van der Waals surface area contributed by atoms with Crippen LogP contribution in [0.5, 0.6) is 0 Å². The van der Waals surface area contributed by atoms with E-state index < -0.39 is 0 Å². The summed E-state index contributed by atoms with van der Waals surface area (Å²) in [5, 5.41) is 3.28. The normalized spacial score (nSPS) is 18.8. The summed E-state index contributed by atoms with van der Waals surface area (Å²) in [6.45, 7) is 6.15. The first-order valence-corrected chi connectivity index (χ1v) is 11.8. The van der Waals surface area contributed by atoms with Crippen LogP contribution in [0.3, 0.4) is 0 Å². The Kier molecular flexibility index (Phi) is 6.41. The fourth-order valence-corrected chi connectivity index (χ4v) is 5.16. The number of carbonyl (C=O) groups is 1. The van der Waals surface area contributed by atoms with Crippen LogP contribution < -0.4 is 10.2 Å². The molecule has 2 aromatic rings. The maximum Gasteiger partial charge on any atom is 0.227 e. The maximum atomic E-state index is 13.0. The lowest BCUT2D eigenvalue weighted by Crippen LogP contribution is -2.27. The monoisotopic (exact) mass is 396 g/mol. The highest BCUT2D eigenvalue weighted by atomic mass is 16.1. The molecule has 1 heterocycles. The van der Waals surface area contributed by atoms with Crippen molar-refractivity contribution in [2.24, 2.45) is 5.92 Å². The third-order valence-electron chi connectivity index (χ3n) is 6.95. The van der Waals surface area contributed by atoms with Crippen molar-refractivity contribution in [1.29, 1.82) is 0 Å². The fourth-order valence-electron chi connectivity index (χ4n) is 5.16. The quantitative estimate of drug-likeness (QED) is 0.632. The van der Waals surface area contributed by atoms with Crippen LogP contribution >= 0.6 is 0 Å². The molecule has 4 rings (SSSR count). The molecular formula is C24H36N4O. The predicted octanol–water partition coefficient (Wildman–Crippen LogP) is 5.98. The number of nitrogens with one attached hydrogen (secondary N) is 2. The van der Waals surface area contributed by atoms with E-state index in [0.29, 0.717) is 5.92 Å². The lowest BCUT2D eigenvalue weighted by molar-refractivity contribution is -0.120. The van der Waals surface area contributed by atoms with E-state index in [9.17, 15) is 4.79 Å². The highest BCUT2D eigenvalue weighted by molar-refractivity contribution is 5.99. The molecule has 2 aliphatic carbocycles. The van der Waals surface area contributed by atoms with Gasteiger partial charge < -0.3 is 15.2 Å². The van der Waals surface area contributed by atoms with Crippen LogP contribution in [-0.4, -0.2) is 29.0 Å². The van der Waals surface area contributed by atoms with Crippen molar-refractivity contribution in [2.75, 3.05) is 23.3 Å².